The maximum Gasteiger partial charge on any atom is 0.337 e. The Kier molecular flexibility index (Phi) is 5.48. The average Bonchev–Trinajstić information content (AvgIpc) is 3.35. The minimum atomic E-state index is -0.413. The van der Waals surface area contributed by atoms with Crippen molar-refractivity contribution in [2.45, 2.75) is 11.7 Å². The topological polar surface area (TPSA) is 89.3 Å². The SMILES string of the molecule is COC(=O)c1ccc(NC(=O)CSc2nnc3n2CCN3c2ccccc2)cc1. The van der Waals surface area contributed by atoms with E-state index in [-0.39, 0.29) is 11.7 Å². The van der Waals surface area contributed by atoms with E-state index in [9.17, 15) is 9.59 Å². The van der Waals surface area contributed by atoms with Gasteiger partial charge in [-0.1, -0.05) is 30.0 Å². The second kappa shape index (κ2) is 8.36. The highest BCUT2D eigenvalue weighted by Gasteiger charge is 2.26. The molecule has 0 spiro atoms. The molecule has 148 valence electrons. The summed E-state index contributed by atoms with van der Waals surface area (Å²) < 4.78 is 6.69. The highest BCUT2D eigenvalue weighted by atomic mass is 32.2. The normalized spacial score (nSPS) is 12.5. The number of rotatable bonds is 6. The monoisotopic (exact) mass is 409 g/mol. The Balaban J connectivity index is 1.35. The van der Waals surface area contributed by atoms with E-state index in [1.165, 1.54) is 18.9 Å². The third-order valence-corrected chi connectivity index (χ3v) is 5.44. The van der Waals surface area contributed by atoms with Crippen molar-refractivity contribution < 1.29 is 14.3 Å². The molecule has 0 bridgehead atoms. The van der Waals surface area contributed by atoms with Gasteiger partial charge in [-0.25, -0.2) is 4.79 Å². The van der Waals surface area contributed by atoms with Gasteiger partial charge in [-0.2, -0.15) is 0 Å². The minimum Gasteiger partial charge on any atom is -0.465 e. The van der Waals surface area contributed by atoms with Gasteiger partial charge in [0, 0.05) is 24.5 Å². The predicted octanol–water partition coefficient (Wildman–Crippen LogP) is 2.95. The molecule has 1 aromatic heterocycles. The maximum atomic E-state index is 12.3. The molecule has 9 heteroatoms. The van der Waals surface area contributed by atoms with Gasteiger partial charge < -0.3 is 15.0 Å². The molecule has 4 rings (SSSR count). The van der Waals surface area contributed by atoms with Crippen molar-refractivity contribution in [3.63, 3.8) is 0 Å². The second-order valence-corrected chi connectivity index (χ2v) is 7.27. The Morgan fingerprint density at radius 1 is 1.07 bits per heavy atom. The van der Waals surface area contributed by atoms with Crippen LogP contribution in [0.15, 0.2) is 59.8 Å². The van der Waals surface area contributed by atoms with Crippen molar-refractivity contribution >= 4 is 41.0 Å². The lowest BCUT2D eigenvalue weighted by Gasteiger charge is -2.14. The number of nitrogens with one attached hydrogen (secondary N) is 1. The van der Waals surface area contributed by atoms with Crippen molar-refractivity contribution in [2.24, 2.45) is 0 Å². The number of hydrogen-bond donors (Lipinski definition) is 1. The van der Waals surface area contributed by atoms with E-state index < -0.39 is 5.97 Å². The number of anilines is 3. The molecule has 0 unspecified atom stereocenters. The van der Waals surface area contributed by atoms with Crippen LogP contribution in [0.2, 0.25) is 0 Å². The van der Waals surface area contributed by atoms with Crippen molar-refractivity contribution in [1.29, 1.82) is 0 Å². The number of ether oxygens (including phenoxy) is 1. The highest BCUT2D eigenvalue weighted by Crippen LogP contribution is 2.31. The van der Waals surface area contributed by atoms with Crippen LogP contribution in [0.25, 0.3) is 0 Å². The molecule has 0 radical (unpaired) electrons. The Bertz CT molecular complexity index is 1020. The number of fused-ring (bicyclic) bond motifs is 1. The van der Waals surface area contributed by atoms with Crippen molar-refractivity contribution in [1.82, 2.24) is 14.8 Å². The van der Waals surface area contributed by atoms with Crippen LogP contribution >= 0.6 is 11.8 Å². The molecule has 1 amide bonds. The summed E-state index contributed by atoms with van der Waals surface area (Å²) >= 11 is 1.35. The van der Waals surface area contributed by atoms with Gasteiger partial charge in [-0.15, -0.1) is 10.2 Å². The lowest BCUT2D eigenvalue weighted by Crippen LogP contribution is -2.15. The molecular weight excluding hydrogens is 390 g/mol. The molecule has 2 aromatic carbocycles. The van der Waals surface area contributed by atoms with Crippen molar-refractivity contribution in [3.05, 3.63) is 60.2 Å². The summed E-state index contributed by atoms with van der Waals surface area (Å²) in [6.45, 7) is 1.59. The van der Waals surface area contributed by atoms with Gasteiger partial charge in [0.05, 0.1) is 18.4 Å². The number of aromatic nitrogens is 3. The van der Waals surface area contributed by atoms with Crippen molar-refractivity contribution in [2.75, 3.05) is 29.6 Å². The Morgan fingerprint density at radius 2 is 1.83 bits per heavy atom. The number of benzene rings is 2. The maximum absolute atomic E-state index is 12.3. The first-order valence-corrected chi connectivity index (χ1v) is 10.0. The minimum absolute atomic E-state index is 0.156. The number of hydrogen-bond acceptors (Lipinski definition) is 7. The lowest BCUT2D eigenvalue weighted by molar-refractivity contribution is -0.113. The van der Waals surface area contributed by atoms with E-state index in [0.717, 1.165) is 29.9 Å². The summed E-state index contributed by atoms with van der Waals surface area (Å²) in [7, 11) is 1.33. The fraction of sp³-hybridized carbons (Fsp3) is 0.200. The van der Waals surface area contributed by atoms with Gasteiger partial charge in [-0.3, -0.25) is 9.36 Å². The number of thioether (sulfide) groups is 1. The van der Waals surface area contributed by atoms with Gasteiger partial charge in [0.1, 0.15) is 0 Å². The predicted molar refractivity (Wildman–Crippen MR) is 111 cm³/mol. The molecule has 0 aliphatic carbocycles. The van der Waals surface area contributed by atoms with Gasteiger partial charge in [0.2, 0.25) is 11.9 Å². The zero-order valence-corrected chi connectivity index (χ0v) is 16.6. The van der Waals surface area contributed by atoms with Crippen LogP contribution < -0.4 is 10.2 Å². The van der Waals surface area contributed by atoms with E-state index in [1.54, 1.807) is 24.3 Å². The number of carbonyl (C=O) groups is 2. The Hall–Kier alpha value is -3.33. The molecule has 1 N–H and O–H groups in total. The van der Waals surface area contributed by atoms with E-state index in [0.29, 0.717) is 11.3 Å². The van der Waals surface area contributed by atoms with Crippen molar-refractivity contribution in [3.8, 4) is 0 Å². The molecule has 0 saturated heterocycles. The number of nitrogens with zero attached hydrogens (tertiary/aromatic N) is 4. The van der Waals surface area contributed by atoms with Crippen LogP contribution in [0.5, 0.6) is 0 Å². The summed E-state index contributed by atoms with van der Waals surface area (Å²) in [6.07, 6.45) is 0. The van der Waals surface area contributed by atoms with Crippen LogP contribution in [0.1, 0.15) is 10.4 Å². The first-order valence-electron chi connectivity index (χ1n) is 9.02. The molecule has 3 aromatic rings. The lowest BCUT2D eigenvalue weighted by atomic mass is 10.2. The van der Waals surface area contributed by atoms with Gasteiger partial charge in [0.15, 0.2) is 5.16 Å². The summed E-state index contributed by atoms with van der Waals surface area (Å²) in [6, 6.07) is 16.6. The summed E-state index contributed by atoms with van der Waals surface area (Å²) in [5.41, 5.74) is 2.12. The second-order valence-electron chi connectivity index (χ2n) is 6.33. The van der Waals surface area contributed by atoms with Crippen LogP contribution in [-0.2, 0) is 16.1 Å². The summed E-state index contributed by atoms with van der Waals surface area (Å²) in [5, 5.41) is 12.1. The third-order valence-electron chi connectivity index (χ3n) is 4.48. The molecule has 8 nitrogen and oxygen atoms in total. The average molecular weight is 409 g/mol. The number of esters is 1. The molecule has 0 saturated carbocycles. The molecule has 0 fully saturated rings. The zero-order valence-electron chi connectivity index (χ0n) is 15.7. The van der Waals surface area contributed by atoms with Gasteiger partial charge in [-0.05, 0) is 36.4 Å². The first kappa shape index (κ1) is 19.0. The smallest absolute Gasteiger partial charge is 0.337 e. The van der Waals surface area contributed by atoms with Gasteiger partial charge in [0.25, 0.3) is 0 Å². The third kappa shape index (κ3) is 4.09. The van der Waals surface area contributed by atoms with Gasteiger partial charge >= 0.3 is 5.97 Å². The van der Waals surface area contributed by atoms with Crippen LogP contribution in [-0.4, -0.2) is 46.0 Å². The van der Waals surface area contributed by atoms with E-state index in [1.807, 2.05) is 34.9 Å². The quantitative estimate of drug-likeness (QED) is 0.494. The number of methoxy groups -OCH3 is 1. The number of para-hydroxylation sites is 1. The first-order chi connectivity index (χ1) is 14.2. The summed E-state index contributed by atoms with van der Waals surface area (Å²) in [5.74, 6) is 0.430. The summed E-state index contributed by atoms with van der Waals surface area (Å²) in [4.78, 5) is 25.8. The fourth-order valence-corrected chi connectivity index (χ4v) is 3.83. The van der Waals surface area contributed by atoms with Crippen LogP contribution in [0.3, 0.4) is 0 Å². The molecule has 0 atom stereocenters. The molecule has 2 heterocycles. The molecular formula is C20H19N5O3S. The number of amides is 1. The van der Waals surface area contributed by atoms with E-state index >= 15 is 0 Å². The van der Waals surface area contributed by atoms with Crippen LogP contribution in [0, 0.1) is 0 Å². The van der Waals surface area contributed by atoms with E-state index in [2.05, 4.69) is 25.2 Å². The Labute approximate surface area is 171 Å². The fourth-order valence-electron chi connectivity index (χ4n) is 3.07. The van der Waals surface area contributed by atoms with E-state index in [4.69, 9.17) is 0 Å². The zero-order chi connectivity index (χ0) is 20.2. The largest absolute Gasteiger partial charge is 0.465 e. The van der Waals surface area contributed by atoms with Crippen LogP contribution in [0.4, 0.5) is 17.3 Å². The Morgan fingerprint density at radius 3 is 2.55 bits per heavy atom. The number of carbonyl (C=O) groups excluding carboxylic acids is 2. The molecule has 1 aliphatic rings. The highest BCUT2D eigenvalue weighted by molar-refractivity contribution is 7.99. The standard InChI is InChI=1S/C20H19N5O3S/c1-28-18(27)14-7-9-15(10-8-14)21-17(26)13-29-20-23-22-19-24(11-12-25(19)20)16-5-3-2-4-6-16/h2-10H,11-13H2,1H3,(H,21,26). The molecule has 29 heavy (non-hydrogen) atoms. The molecule has 1 aliphatic heterocycles.